The van der Waals surface area contributed by atoms with Crippen molar-refractivity contribution in [3.8, 4) is 0 Å². The van der Waals surface area contributed by atoms with Gasteiger partial charge in [-0.25, -0.2) is 4.57 Å². The van der Waals surface area contributed by atoms with E-state index >= 15 is 0 Å². The summed E-state index contributed by atoms with van der Waals surface area (Å²) in [5, 5.41) is 20.2. The molecule has 13 nitrogen and oxygen atoms in total. The van der Waals surface area contributed by atoms with E-state index in [9.17, 15) is 23.8 Å². The van der Waals surface area contributed by atoms with Crippen molar-refractivity contribution in [2.24, 2.45) is 5.73 Å². The second kappa shape index (κ2) is 12.2. The van der Waals surface area contributed by atoms with Gasteiger partial charge in [-0.1, -0.05) is 0 Å². The Kier molecular flexibility index (Phi) is 10.7. The molecule has 2 amide bonds. The quantitative estimate of drug-likeness (QED) is 0.167. The van der Waals surface area contributed by atoms with E-state index < -0.39 is 63.6 Å². The Hall–Kier alpha value is -1.60. The SMILES string of the molecule is COC(=O)CN1CCCCC(NC(=O)[C@@H](N)COP(=O)(O)OC[C@H](O)CO)C1=O. The Morgan fingerprint density at radius 2 is 2.00 bits per heavy atom. The van der Waals surface area contributed by atoms with Crippen molar-refractivity contribution >= 4 is 25.6 Å². The fourth-order valence-corrected chi connectivity index (χ4v) is 3.20. The number of nitrogens with one attached hydrogen (secondary N) is 1. The predicted octanol–water partition coefficient (Wildman–Crippen LogP) is -2.53. The maximum Gasteiger partial charge on any atom is 0.472 e. The first-order chi connectivity index (χ1) is 13.6. The highest BCUT2D eigenvalue weighted by molar-refractivity contribution is 7.47. The second-order valence-electron chi connectivity index (χ2n) is 6.40. The maximum absolute atomic E-state index is 12.5. The summed E-state index contributed by atoms with van der Waals surface area (Å²) in [5.74, 6) is -1.83. The minimum atomic E-state index is -4.60. The van der Waals surface area contributed by atoms with Gasteiger partial charge in [-0.15, -0.1) is 0 Å². The topological polar surface area (TPSA) is 198 Å². The van der Waals surface area contributed by atoms with E-state index in [0.29, 0.717) is 25.8 Å². The number of hydrogen-bond acceptors (Lipinski definition) is 10. The highest BCUT2D eigenvalue weighted by atomic mass is 31.2. The van der Waals surface area contributed by atoms with Crippen LogP contribution < -0.4 is 11.1 Å². The Balaban J connectivity index is 2.56. The summed E-state index contributed by atoms with van der Waals surface area (Å²) in [4.78, 5) is 46.9. The molecule has 14 heteroatoms. The fourth-order valence-electron chi connectivity index (χ4n) is 2.42. The predicted molar refractivity (Wildman–Crippen MR) is 97.2 cm³/mol. The number of phosphoric ester groups is 1. The third-order valence-corrected chi connectivity index (χ3v) is 4.99. The van der Waals surface area contributed by atoms with Crippen LogP contribution in [0.25, 0.3) is 0 Å². The van der Waals surface area contributed by atoms with Gasteiger partial charge in [-0.05, 0) is 19.3 Å². The Morgan fingerprint density at radius 3 is 2.62 bits per heavy atom. The zero-order chi connectivity index (χ0) is 22.0. The van der Waals surface area contributed by atoms with E-state index in [1.165, 1.54) is 12.0 Å². The fraction of sp³-hybridized carbons (Fsp3) is 0.800. The van der Waals surface area contributed by atoms with Gasteiger partial charge in [0.05, 0.1) is 26.9 Å². The number of nitrogens with zero attached hydrogens (tertiary/aromatic N) is 1. The first kappa shape index (κ1) is 25.4. The molecule has 1 aliphatic rings. The molecular formula is C15H28N3O10P. The van der Waals surface area contributed by atoms with Crippen molar-refractivity contribution in [3.63, 3.8) is 0 Å². The molecule has 0 aromatic rings. The molecule has 2 unspecified atom stereocenters. The molecule has 0 radical (unpaired) electrons. The van der Waals surface area contributed by atoms with Crippen LogP contribution in [0, 0.1) is 0 Å². The molecule has 6 N–H and O–H groups in total. The Labute approximate surface area is 167 Å². The van der Waals surface area contributed by atoms with E-state index in [2.05, 4.69) is 19.1 Å². The number of aliphatic hydroxyl groups excluding tert-OH is 2. The molecule has 1 aliphatic heterocycles. The molecule has 0 aromatic heterocycles. The van der Waals surface area contributed by atoms with Crippen molar-refractivity contribution < 1.29 is 47.8 Å². The standard InChI is InChI=1S/C15H28N3O10P/c1-26-13(21)6-18-5-3-2-4-12(15(18)23)17-14(22)11(16)9-28-29(24,25)27-8-10(20)7-19/h10-12,19-20H,2-9,16H2,1H3,(H,17,22)(H,24,25)/t10-,11+,12?/m1/s1. The lowest BCUT2D eigenvalue weighted by atomic mass is 10.1. The summed E-state index contributed by atoms with van der Waals surface area (Å²) in [5.41, 5.74) is 5.63. The van der Waals surface area contributed by atoms with Crippen molar-refractivity contribution in [1.29, 1.82) is 0 Å². The van der Waals surface area contributed by atoms with Gasteiger partial charge < -0.3 is 35.8 Å². The number of carbonyl (C=O) groups is 3. The lowest BCUT2D eigenvalue weighted by molar-refractivity contribution is -0.147. The molecule has 0 aliphatic carbocycles. The average molecular weight is 441 g/mol. The van der Waals surface area contributed by atoms with Crippen molar-refractivity contribution in [2.75, 3.05) is 40.0 Å². The number of esters is 1. The van der Waals surface area contributed by atoms with Gasteiger partial charge in [0.2, 0.25) is 11.8 Å². The third kappa shape index (κ3) is 9.17. The number of carbonyl (C=O) groups excluding carboxylic acids is 3. The number of methoxy groups -OCH3 is 1. The average Bonchev–Trinajstić information content (AvgIpc) is 2.86. The summed E-state index contributed by atoms with van der Waals surface area (Å²) in [6.07, 6.45) is 0.253. The zero-order valence-electron chi connectivity index (χ0n) is 16.1. The molecule has 1 saturated heterocycles. The van der Waals surface area contributed by atoms with Crippen LogP contribution in [0.5, 0.6) is 0 Å². The Bertz CT molecular complexity index is 619. The number of nitrogens with two attached hydrogens (primary N) is 1. The number of likely N-dealkylation sites (tertiary alicyclic amines) is 1. The highest BCUT2D eigenvalue weighted by Gasteiger charge is 2.32. The highest BCUT2D eigenvalue weighted by Crippen LogP contribution is 2.43. The van der Waals surface area contributed by atoms with Crippen molar-refractivity contribution in [1.82, 2.24) is 10.2 Å². The van der Waals surface area contributed by atoms with Crippen LogP contribution in [0.2, 0.25) is 0 Å². The van der Waals surface area contributed by atoms with Crippen LogP contribution in [0.1, 0.15) is 19.3 Å². The van der Waals surface area contributed by atoms with Crippen molar-refractivity contribution in [2.45, 2.75) is 37.5 Å². The zero-order valence-corrected chi connectivity index (χ0v) is 17.0. The minimum absolute atomic E-state index is 0.235. The van der Waals surface area contributed by atoms with Gasteiger partial charge in [0.1, 0.15) is 24.7 Å². The van der Waals surface area contributed by atoms with Crippen LogP contribution in [0.3, 0.4) is 0 Å². The molecule has 0 bridgehead atoms. The lowest BCUT2D eigenvalue weighted by Crippen LogP contribution is -2.53. The van der Waals surface area contributed by atoms with E-state index in [0.717, 1.165) is 0 Å². The molecule has 168 valence electrons. The molecule has 1 heterocycles. The molecule has 1 fully saturated rings. The van der Waals surface area contributed by atoms with Crippen LogP contribution in [-0.4, -0.2) is 96.0 Å². The normalized spacial score (nSPS) is 21.6. The van der Waals surface area contributed by atoms with E-state index in [1.54, 1.807) is 0 Å². The van der Waals surface area contributed by atoms with Gasteiger partial charge in [0, 0.05) is 6.54 Å². The second-order valence-corrected chi connectivity index (χ2v) is 7.85. The van der Waals surface area contributed by atoms with Gasteiger partial charge in [-0.3, -0.25) is 23.4 Å². The number of phosphoric acid groups is 1. The van der Waals surface area contributed by atoms with Crippen LogP contribution in [0.15, 0.2) is 0 Å². The van der Waals surface area contributed by atoms with Crippen LogP contribution in [-0.2, 0) is 32.7 Å². The largest absolute Gasteiger partial charge is 0.472 e. The van der Waals surface area contributed by atoms with E-state index in [4.69, 9.17) is 15.9 Å². The molecule has 1 rings (SSSR count). The monoisotopic (exact) mass is 441 g/mol. The van der Waals surface area contributed by atoms with E-state index in [1.807, 2.05) is 0 Å². The smallest absolute Gasteiger partial charge is 0.468 e. The first-order valence-electron chi connectivity index (χ1n) is 8.92. The van der Waals surface area contributed by atoms with Gasteiger partial charge in [0.25, 0.3) is 0 Å². The summed E-state index contributed by atoms with van der Waals surface area (Å²) in [6, 6.07) is -2.29. The Morgan fingerprint density at radius 1 is 1.34 bits per heavy atom. The molecule has 0 aromatic carbocycles. The molecule has 0 spiro atoms. The minimum Gasteiger partial charge on any atom is -0.468 e. The van der Waals surface area contributed by atoms with Gasteiger partial charge in [0.15, 0.2) is 0 Å². The summed E-state index contributed by atoms with van der Waals surface area (Å²) < 4.78 is 25.2. The van der Waals surface area contributed by atoms with Crippen LogP contribution >= 0.6 is 7.82 Å². The number of aliphatic hydroxyl groups is 2. The van der Waals surface area contributed by atoms with Crippen molar-refractivity contribution in [3.05, 3.63) is 0 Å². The number of ether oxygens (including phenoxy) is 1. The summed E-state index contributed by atoms with van der Waals surface area (Å²) in [6.45, 7) is -1.91. The summed E-state index contributed by atoms with van der Waals surface area (Å²) in [7, 11) is -3.40. The van der Waals surface area contributed by atoms with Crippen LogP contribution in [0.4, 0.5) is 0 Å². The molecule has 4 atom stereocenters. The number of amides is 2. The molecular weight excluding hydrogens is 413 g/mol. The molecule has 0 saturated carbocycles. The summed E-state index contributed by atoms with van der Waals surface area (Å²) >= 11 is 0. The van der Waals surface area contributed by atoms with Gasteiger partial charge >= 0.3 is 13.8 Å². The van der Waals surface area contributed by atoms with E-state index in [-0.39, 0.29) is 6.54 Å². The lowest BCUT2D eigenvalue weighted by Gasteiger charge is -2.25. The number of hydrogen-bond donors (Lipinski definition) is 5. The molecule has 29 heavy (non-hydrogen) atoms. The third-order valence-electron chi connectivity index (χ3n) is 4.04. The maximum atomic E-state index is 12.5. The van der Waals surface area contributed by atoms with Gasteiger partial charge in [-0.2, -0.15) is 0 Å². The first-order valence-corrected chi connectivity index (χ1v) is 10.4. The number of rotatable bonds is 11.